The Morgan fingerprint density at radius 3 is 2.05 bits per heavy atom. The van der Waals surface area contributed by atoms with Crippen molar-refractivity contribution in [2.45, 2.75) is 32.6 Å². The SMILES string of the molecule is Cc1ccc(SCC(=O)c2ccc(C)c(C)c2)cc1C. The minimum atomic E-state index is 0.191. The number of ketones is 1. The summed E-state index contributed by atoms with van der Waals surface area (Å²) in [5.41, 5.74) is 5.77. The number of benzene rings is 2. The highest BCUT2D eigenvalue weighted by Crippen LogP contribution is 2.22. The fourth-order valence-corrected chi connectivity index (χ4v) is 2.84. The summed E-state index contributed by atoms with van der Waals surface area (Å²) in [6.45, 7) is 8.31. The zero-order valence-electron chi connectivity index (χ0n) is 12.5. The highest BCUT2D eigenvalue weighted by atomic mass is 32.2. The van der Waals surface area contributed by atoms with Crippen molar-refractivity contribution < 1.29 is 4.79 Å². The van der Waals surface area contributed by atoms with Crippen molar-refractivity contribution in [2.24, 2.45) is 0 Å². The van der Waals surface area contributed by atoms with Crippen LogP contribution in [0.25, 0.3) is 0 Å². The molecule has 2 rings (SSSR count). The Morgan fingerprint density at radius 2 is 1.45 bits per heavy atom. The lowest BCUT2D eigenvalue weighted by atomic mass is 10.0. The third-order valence-electron chi connectivity index (χ3n) is 3.68. The van der Waals surface area contributed by atoms with Gasteiger partial charge in [0.2, 0.25) is 0 Å². The van der Waals surface area contributed by atoms with Crippen LogP contribution in [0.15, 0.2) is 41.3 Å². The number of thioether (sulfide) groups is 1. The third kappa shape index (κ3) is 3.51. The van der Waals surface area contributed by atoms with Crippen molar-refractivity contribution in [3.05, 3.63) is 64.2 Å². The predicted octanol–water partition coefficient (Wildman–Crippen LogP) is 4.90. The summed E-state index contributed by atoms with van der Waals surface area (Å²) >= 11 is 1.61. The zero-order valence-corrected chi connectivity index (χ0v) is 13.3. The van der Waals surface area contributed by atoms with Crippen molar-refractivity contribution in [1.82, 2.24) is 0 Å². The number of hydrogen-bond acceptors (Lipinski definition) is 2. The van der Waals surface area contributed by atoms with E-state index < -0.39 is 0 Å². The number of rotatable bonds is 4. The fraction of sp³-hybridized carbons (Fsp3) is 0.278. The largest absolute Gasteiger partial charge is 0.293 e. The maximum absolute atomic E-state index is 12.2. The van der Waals surface area contributed by atoms with Crippen LogP contribution in [0.1, 0.15) is 32.6 Å². The quantitative estimate of drug-likeness (QED) is 0.587. The van der Waals surface area contributed by atoms with Crippen LogP contribution in [0.4, 0.5) is 0 Å². The first-order chi connectivity index (χ1) is 9.47. The predicted molar refractivity (Wildman–Crippen MR) is 86.9 cm³/mol. The molecule has 0 atom stereocenters. The summed E-state index contributed by atoms with van der Waals surface area (Å²) in [4.78, 5) is 13.4. The average molecular weight is 284 g/mol. The molecule has 0 unspecified atom stereocenters. The van der Waals surface area contributed by atoms with E-state index in [0.29, 0.717) is 5.75 Å². The molecule has 0 spiro atoms. The first kappa shape index (κ1) is 14.9. The minimum absolute atomic E-state index is 0.191. The summed E-state index contributed by atoms with van der Waals surface area (Å²) in [7, 11) is 0. The molecular weight excluding hydrogens is 264 g/mol. The van der Waals surface area contributed by atoms with E-state index in [1.54, 1.807) is 11.8 Å². The van der Waals surface area contributed by atoms with E-state index in [1.807, 2.05) is 25.1 Å². The second-order valence-electron chi connectivity index (χ2n) is 5.26. The Kier molecular flexibility index (Phi) is 4.66. The molecule has 0 aliphatic carbocycles. The summed E-state index contributed by atoms with van der Waals surface area (Å²) in [5, 5.41) is 0. The number of hydrogen-bond donors (Lipinski definition) is 0. The van der Waals surface area contributed by atoms with Crippen LogP contribution in [0.3, 0.4) is 0 Å². The lowest BCUT2D eigenvalue weighted by molar-refractivity contribution is 0.102. The summed E-state index contributed by atoms with van der Waals surface area (Å²) in [5.74, 6) is 0.682. The molecule has 1 nitrogen and oxygen atoms in total. The summed E-state index contributed by atoms with van der Waals surface area (Å²) in [6.07, 6.45) is 0. The van der Waals surface area contributed by atoms with Gasteiger partial charge in [0.05, 0.1) is 5.75 Å². The van der Waals surface area contributed by atoms with Gasteiger partial charge in [-0.05, 0) is 68.1 Å². The molecule has 0 fully saturated rings. The Morgan fingerprint density at radius 1 is 0.850 bits per heavy atom. The Bertz CT molecular complexity index is 644. The standard InChI is InChI=1S/C18H20OS/c1-12-5-7-16(9-14(12)3)18(19)11-20-17-8-6-13(2)15(4)10-17/h5-10H,11H2,1-4H3. The molecule has 0 aromatic heterocycles. The van der Waals surface area contributed by atoms with E-state index in [9.17, 15) is 4.79 Å². The molecule has 20 heavy (non-hydrogen) atoms. The van der Waals surface area contributed by atoms with E-state index in [4.69, 9.17) is 0 Å². The lowest BCUT2D eigenvalue weighted by Gasteiger charge is -2.06. The molecule has 0 bridgehead atoms. The number of aryl methyl sites for hydroxylation is 4. The number of carbonyl (C=O) groups is 1. The summed E-state index contributed by atoms with van der Waals surface area (Å²) in [6, 6.07) is 12.3. The Balaban J connectivity index is 2.04. The van der Waals surface area contributed by atoms with Gasteiger partial charge in [0.15, 0.2) is 5.78 Å². The van der Waals surface area contributed by atoms with Gasteiger partial charge < -0.3 is 0 Å². The van der Waals surface area contributed by atoms with Crippen LogP contribution < -0.4 is 0 Å². The molecule has 0 heterocycles. The molecule has 104 valence electrons. The van der Waals surface area contributed by atoms with Crippen LogP contribution in [-0.2, 0) is 0 Å². The monoisotopic (exact) mass is 284 g/mol. The number of carbonyl (C=O) groups excluding carboxylic acids is 1. The molecule has 2 aromatic carbocycles. The molecule has 0 saturated carbocycles. The molecule has 0 N–H and O–H groups in total. The average Bonchev–Trinajstić information content (AvgIpc) is 2.43. The fourth-order valence-electron chi connectivity index (χ4n) is 1.95. The van der Waals surface area contributed by atoms with Gasteiger partial charge in [-0.15, -0.1) is 11.8 Å². The van der Waals surface area contributed by atoms with Gasteiger partial charge in [-0.2, -0.15) is 0 Å². The van der Waals surface area contributed by atoms with Crippen LogP contribution in [-0.4, -0.2) is 11.5 Å². The number of Topliss-reactive ketones (excluding diaryl/α,β-unsaturated/α-hetero) is 1. The van der Waals surface area contributed by atoms with Crippen LogP contribution in [0, 0.1) is 27.7 Å². The lowest BCUT2D eigenvalue weighted by Crippen LogP contribution is -2.03. The smallest absolute Gasteiger partial charge is 0.173 e. The van der Waals surface area contributed by atoms with E-state index in [0.717, 1.165) is 10.5 Å². The van der Waals surface area contributed by atoms with Crippen LogP contribution >= 0.6 is 11.8 Å². The second kappa shape index (κ2) is 6.27. The van der Waals surface area contributed by atoms with E-state index in [-0.39, 0.29) is 5.78 Å². The topological polar surface area (TPSA) is 17.1 Å². The van der Waals surface area contributed by atoms with E-state index in [2.05, 4.69) is 39.0 Å². The molecule has 2 heteroatoms. The highest BCUT2D eigenvalue weighted by molar-refractivity contribution is 8.00. The zero-order chi connectivity index (χ0) is 14.7. The van der Waals surface area contributed by atoms with Crippen LogP contribution in [0.5, 0.6) is 0 Å². The Hall–Kier alpha value is -1.54. The molecular formula is C18H20OS. The normalized spacial score (nSPS) is 10.6. The molecule has 0 aliphatic heterocycles. The van der Waals surface area contributed by atoms with Gasteiger partial charge in [-0.1, -0.05) is 18.2 Å². The molecule has 2 aromatic rings. The van der Waals surface area contributed by atoms with Crippen molar-refractivity contribution >= 4 is 17.5 Å². The van der Waals surface area contributed by atoms with E-state index in [1.165, 1.54) is 22.3 Å². The maximum Gasteiger partial charge on any atom is 0.173 e. The van der Waals surface area contributed by atoms with Gasteiger partial charge in [0, 0.05) is 10.5 Å². The maximum atomic E-state index is 12.2. The van der Waals surface area contributed by atoms with Gasteiger partial charge in [-0.25, -0.2) is 0 Å². The van der Waals surface area contributed by atoms with Crippen LogP contribution in [0.2, 0.25) is 0 Å². The van der Waals surface area contributed by atoms with Gasteiger partial charge in [0.25, 0.3) is 0 Å². The van der Waals surface area contributed by atoms with Crippen molar-refractivity contribution in [2.75, 3.05) is 5.75 Å². The third-order valence-corrected chi connectivity index (χ3v) is 4.67. The van der Waals surface area contributed by atoms with Gasteiger partial charge in [-0.3, -0.25) is 4.79 Å². The summed E-state index contributed by atoms with van der Waals surface area (Å²) < 4.78 is 0. The molecule has 0 amide bonds. The van der Waals surface area contributed by atoms with Gasteiger partial charge in [0.1, 0.15) is 0 Å². The van der Waals surface area contributed by atoms with Crippen molar-refractivity contribution in [1.29, 1.82) is 0 Å². The van der Waals surface area contributed by atoms with Gasteiger partial charge >= 0.3 is 0 Å². The van der Waals surface area contributed by atoms with Crippen molar-refractivity contribution in [3.8, 4) is 0 Å². The molecule has 0 saturated heterocycles. The van der Waals surface area contributed by atoms with E-state index >= 15 is 0 Å². The first-order valence-electron chi connectivity index (χ1n) is 6.78. The Labute approximate surface area is 125 Å². The highest BCUT2D eigenvalue weighted by Gasteiger charge is 2.08. The molecule has 0 aliphatic rings. The first-order valence-corrected chi connectivity index (χ1v) is 7.76. The van der Waals surface area contributed by atoms with Crippen molar-refractivity contribution in [3.63, 3.8) is 0 Å². The minimum Gasteiger partial charge on any atom is -0.293 e. The second-order valence-corrected chi connectivity index (χ2v) is 6.31. The molecule has 0 radical (unpaired) electrons.